The standard InChI is InChI=1S/C39H61F4IN4O3S2/c1-38(2,3)17-15-13-11-9-8-10-12-14-16-19-49-27-48-33-25-32(46-37(45-18-21-52-4)35(33)36(44)47-48)30-24-31(40)34(23-29(30)26-39(41,42)43)51-28-50-20-22-53(5,6)7/h23-25H,8-22,26-28H2,1-7H3,(H,45,46). The van der Waals surface area contributed by atoms with Crippen molar-refractivity contribution < 1.29 is 31.8 Å². The van der Waals surface area contributed by atoms with Gasteiger partial charge >= 0.3 is 6.18 Å². The molecule has 0 aliphatic rings. The minimum absolute atomic E-state index is 0.0350. The summed E-state index contributed by atoms with van der Waals surface area (Å²) in [5, 5.41) is 8.77. The summed E-state index contributed by atoms with van der Waals surface area (Å²) in [7, 11) is -0.795. The molecular weight excluding hydrogens is 839 g/mol. The van der Waals surface area contributed by atoms with E-state index in [-0.39, 0.29) is 36.1 Å². The predicted octanol–water partition coefficient (Wildman–Crippen LogP) is 11.7. The van der Waals surface area contributed by atoms with Crippen LogP contribution >= 0.6 is 44.4 Å². The Bertz CT molecular complexity index is 1540. The van der Waals surface area contributed by atoms with Crippen molar-refractivity contribution in [3.63, 3.8) is 0 Å². The van der Waals surface area contributed by atoms with Crippen LogP contribution in [0.25, 0.3) is 22.2 Å². The first-order valence-electron chi connectivity index (χ1n) is 18.6. The number of alkyl halides is 3. The van der Waals surface area contributed by atoms with Gasteiger partial charge in [-0.05, 0) is 89.6 Å². The van der Waals surface area contributed by atoms with E-state index in [1.54, 1.807) is 22.5 Å². The highest BCUT2D eigenvalue weighted by Gasteiger charge is 2.31. The molecule has 0 fully saturated rings. The Morgan fingerprint density at radius 1 is 0.906 bits per heavy atom. The lowest BCUT2D eigenvalue weighted by molar-refractivity contribution is -0.127. The van der Waals surface area contributed by atoms with E-state index in [9.17, 15) is 13.2 Å². The molecule has 0 saturated heterocycles. The van der Waals surface area contributed by atoms with Crippen LogP contribution < -0.4 is 10.1 Å². The van der Waals surface area contributed by atoms with Gasteiger partial charge in [-0.2, -0.15) is 30.0 Å². The van der Waals surface area contributed by atoms with E-state index in [4.69, 9.17) is 24.3 Å². The van der Waals surface area contributed by atoms with Gasteiger partial charge in [0.1, 0.15) is 16.2 Å². The van der Waals surface area contributed by atoms with Gasteiger partial charge in [-0.1, -0.05) is 72.1 Å². The van der Waals surface area contributed by atoms with Crippen molar-refractivity contribution in [2.45, 2.75) is 104 Å². The zero-order valence-corrected chi connectivity index (χ0v) is 36.5. The summed E-state index contributed by atoms with van der Waals surface area (Å²) in [5.41, 5.74) is 1.15. The number of aromatic nitrogens is 3. The number of nitrogens with one attached hydrogen (secondary N) is 1. The summed E-state index contributed by atoms with van der Waals surface area (Å²) in [5.74, 6) is 1.01. The summed E-state index contributed by atoms with van der Waals surface area (Å²) in [4.78, 5) is 4.75. The first kappa shape index (κ1) is 45.9. The van der Waals surface area contributed by atoms with Crippen LogP contribution in [0.15, 0.2) is 18.2 Å². The average molecular weight is 901 g/mol. The molecule has 0 amide bonds. The van der Waals surface area contributed by atoms with Gasteiger partial charge in [-0.15, -0.1) is 0 Å². The molecule has 0 aliphatic carbocycles. The SMILES string of the molecule is CSCCNc1nc(-c2cc(F)c(OCOCCS(C)(C)C)cc2CC(F)(F)F)cc2c1c(I)nn2COCCCCCCCCCCCC(C)(C)C. The van der Waals surface area contributed by atoms with Crippen molar-refractivity contribution in [3.05, 3.63) is 33.3 Å². The number of fused-ring (bicyclic) bond motifs is 1. The molecule has 0 aliphatic heterocycles. The fourth-order valence-corrected chi connectivity index (χ4v) is 7.53. The second-order valence-electron chi connectivity index (χ2n) is 15.7. The van der Waals surface area contributed by atoms with Gasteiger partial charge < -0.3 is 19.5 Å². The Kier molecular flexibility index (Phi) is 19.3. The maximum atomic E-state index is 15.5. The second-order valence-corrected chi connectivity index (χ2v) is 22.3. The zero-order chi connectivity index (χ0) is 39.1. The molecule has 0 spiro atoms. The highest BCUT2D eigenvalue weighted by Crippen LogP contribution is 2.38. The molecule has 0 bridgehead atoms. The maximum absolute atomic E-state index is 15.5. The number of pyridine rings is 1. The third-order valence-corrected chi connectivity index (χ3v) is 11.4. The number of unbranched alkanes of at least 4 members (excludes halogenated alkanes) is 8. The molecule has 3 aromatic rings. The first-order chi connectivity index (χ1) is 25.0. The molecule has 0 unspecified atom stereocenters. The van der Waals surface area contributed by atoms with Crippen LogP contribution in [0.5, 0.6) is 5.75 Å². The number of thioether (sulfide) groups is 1. The normalized spacial score (nSPS) is 12.9. The predicted molar refractivity (Wildman–Crippen MR) is 226 cm³/mol. The molecule has 2 heterocycles. The molecule has 0 saturated carbocycles. The number of rotatable bonds is 25. The molecule has 3 rings (SSSR count). The Hall–Kier alpha value is -1.49. The lowest BCUT2D eigenvalue weighted by Crippen LogP contribution is -2.14. The van der Waals surface area contributed by atoms with Crippen LogP contribution in [0.4, 0.5) is 23.4 Å². The van der Waals surface area contributed by atoms with Gasteiger partial charge in [0.15, 0.2) is 18.4 Å². The van der Waals surface area contributed by atoms with Crippen molar-refractivity contribution in [3.8, 4) is 17.0 Å². The van der Waals surface area contributed by atoms with E-state index < -0.39 is 28.4 Å². The molecule has 0 atom stereocenters. The van der Waals surface area contributed by atoms with Crippen LogP contribution in [0.3, 0.4) is 0 Å². The van der Waals surface area contributed by atoms with Gasteiger partial charge in [0.2, 0.25) is 0 Å². The number of nitrogens with zero attached hydrogens (tertiary/aromatic N) is 3. The van der Waals surface area contributed by atoms with Crippen molar-refractivity contribution in [1.82, 2.24) is 14.8 Å². The Morgan fingerprint density at radius 3 is 2.19 bits per heavy atom. The molecule has 1 N–H and O–H groups in total. The molecule has 0 radical (unpaired) electrons. The molecular formula is C39H61F4IN4O3S2. The summed E-state index contributed by atoms with van der Waals surface area (Å²) in [6.45, 7) is 8.39. The van der Waals surface area contributed by atoms with Gasteiger partial charge in [-0.25, -0.2) is 24.1 Å². The molecule has 14 heteroatoms. The Labute approximate surface area is 334 Å². The lowest BCUT2D eigenvalue weighted by Gasteiger charge is -2.24. The van der Waals surface area contributed by atoms with Crippen molar-refractivity contribution >= 4 is 61.1 Å². The third kappa shape index (κ3) is 17.5. The topological polar surface area (TPSA) is 70.4 Å². The fraction of sp³-hybridized carbons (Fsp3) is 0.692. The Morgan fingerprint density at radius 2 is 1.57 bits per heavy atom. The number of ether oxygens (including phenoxy) is 3. The maximum Gasteiger partial charge on any atom is 0.393 e. The molecule has 302 valence electrons. The summed E-state index contributed by atoms with van der Waals surface area (Å²) >= 11 is 3.80. The summed E-state index contributed by atoms with van der Waals surface area (Å²) in [6.07, 6.45) is 14.9. The van der Waals surface area contributed by atoms with Crippen LogP contribution in [-0.2, 0) is 22.6 Å². The lowest BCUT2D eigenvalue weighted by atomic mass is 9.89. The van der Waals surface area contributed by atoms with Crippen molar-refractivity contribution in [1.29, 1.82) is 0 Å². The van der Waals surface area contributed by atoms with Crippen molar-refractivity contribution in [2.75, 3.05) is 68.4 Å². The fourth-order valence-electron chi connectivity index (χ4n) is 5.81. The zero-order valence-electron chi connectivity index (χ0n) is 32.7. The summed E-state index contributed by atoms with van der Waals surface area (Å²) in [6, 6.07) is 3.86. The van der Waals surface area contributed by atoms with Gasteiger partial charge in [0.25, 0.3) is 0 Å². The minimum atomic E-state index is -4.55. The monoisotopic (exact) mass is 900 g/mol. The number of halogens is 5. The van der Waals surface area contributed by atoms with E-state index in [2.05, 4.69) is 67.4 Å². The van der Waals surface area contributed by atoms with Crippen LogP contribution in [0.2, 0.25) is 0 Å². The third-order valence-electron chi connectivity index (χ3n) is 8.68. The van der Waals surface area contributed by atoms with E-state index in [1.165, 1.54) is 51.4 Å². The van der Waals surface area contributed by atoms with Crippen LogP contribution in [-0.4, -0.2) is 84.0 Å². The number of anilines is 1. The highest BCUT2D eigenvalue weighted by molar-refractivity contribution is 14.1. The van der Waals surface area contributed by atoms with Gasteiger partial charge in [-0.3, -0.25) is 0 Å². The minimum Gasteiger partial charge on any atom is -0.464 e. The van der Waals surface area contributed by atoms with Gasteiger partial charge in [0, 0.05) is 30.2 Å². The molecule has 53 heavy (non-hydrogen) atoms. The number of hydrogen-bond donors (Lipinski definition) is 1. The number of benzene rings is 1. The quantitative estimate of drug-likeness (QED) is 0.0393. The molecule has 2 aromatic heterocycles. The Balaban J connectivity index is 1.72. The van der Waals surface area contributed by atoms with Crippen LogP contribution in [0.1, 0.15) is 90.5 Å². The van der Waals surface area contributed by atoms with E-state index in [0.29, 0.717) is 40.2 Å². The smallest absolute Gasteiger partial charge is 0.393 e. The number of hydrogen-bond acceptors (Lipinski definition) is 7. The molecule has 7 nitrogen and oxygen atoms in total. The van der Waals surface area contributed by atoms with E-state index in [1.807, 2.05) is 6.26 Å². The van der Waals surface area contributed by atoms with Crippen molar-refractivity contribution in [2.24, 2.45) is 5.41 Å². The van der Waals surface area contributed by atoms with E-state index in [0.717, 1.165) is 41.9 Å². The second kappa shape index (κ2) is 22.3. The van der Waals surface area contributed by atoms with Crippen LogP contribution in [0, 0.1) is 14.9 Å². The highest BCUT2D eigenvalue weighted by atomic mass is 127. The largest absolute Gasteiger partial charge is 0.464 e. The van der Waals surface area contributed by atoms with E-state index >= 15 is 4.39 Å². The average Bonchev–Trinajstić information content (AvgIpc) is 3.37. The summed E-state index contributed by atoms with van der Waals surface area (Å²) < 4.78 is 76.6. The van der Waals surface area contributed by atoms with Gasteiger partial charge in [0.05, 0.1) is 29.6 Å². The first-order valence-corrected chi connectivity index (χ1v) is 24.1. The molecule has 1 aromatic carbocycles.